The van der Waals surface area contributed by atoms with Gasteiger partial charge in [-0.3, -0.25) is 4.90 Å². The number of hydrogen-bond donors (Lipinski definition) is 1. The topological polar surface area (TPSA) is 18.5 Å². The maximum absolute atomic E-state index is 14.2. The number of nitrogens with one attached hydrogen (secondary N) is 1. The Labute approximate surface area is 133 Å². The van der Waals surface area contributed by atoms with Crippen LogP contribution in [-0.4, -0.2) is 55.6 Å². The van der Waals surface area contributed by atoms with Crippen LogP contribution < -0.4 is 5.32 Å². The lowest BCUT2D eigenvalue weighted by Crippen LogP contribution is -2.44. The molecule has 2 saturated heterocycles. The van der Waals surface area contributed by atoms with E-state index in [4.69, 9.17) is 0 Å². The highest BCUT2D eigenvalue weighted by Crippen LogP contribution is 2.27. The second kappa shape index (κ2) is 7.53. The zero-order valence-electron chi connectivity index (χ0n) is 13.6. The molecule has 2 fully saturated rings. The summed E-state index contributed by atoms with van der Waals surface area (Å²) in [6.07, 6.45) is 4.86. The van der Waals surface area contributed by atoms with Crippen molar-refractivity contribution in [3.8, 4) is 0 Å². The molecule has 4 heteroatoms. The molecule has 0 saturated carbocycles. The first-order valence-electron chi connectivity index (χ1n) is 8.64. The van der Waals surface area contributed by atoms with Crippen molar-refractivity contribution < 1.29 is 4.39 Å². The second-order valence-corrected chi connectivity index (χ2v) is 6.77. The van der Waals surface area contributed by atoms with E-state index in [0.29, 0.717) is 6.04 Å². The van der Waals surface area contributed by atoms with E-state index in [-0.39, 0.29) is 11.9 Å². The molecule has 3 nitrogen and oxygen atoms in total. The molecule has 0 aliphatic carbocycles. The zero-order chi connectivity index (χ0) is 15.4. The van der Waals surface area contributed by atoms with E-state index in [1.165, 1.54) is 25.7 Å². The summed E-state index contributed by atoms with van der Waals surface area (Å²) >= 11 is 0. The molecule has 0 spiro atoms. The summed E-state index contributed by atoms with van der Waals surface area (Å²) in [4.78, 5) is 4.83. The molecule has 1 N–H and O–H groups in total. The number of halogens is 1. The average Bonchev–Trinajstić information content (AvgIpc) is 3.05. The summed E-state index contributed by atoms with van der Waals surface area (Å²) in [7, 11) is 2.18. The third-order valence-corrected chi connectivity index (χ3v) is 5.16. The van der Waals surface area contributed by atoms with Crippen molar-refractivity contribution in [3.63, 3.8) is 0 Å². The van der Waals surface area contributed by atoms with Gasteiger partial charge in [0.1, 0.15) is 5.82 Å². The summed E-state index contributed by atoms with van der Waals surface area (Å²) < 4.78 is 14.2. The van der Waals surface area contributed by atoms with Crippen LogP contribution >= 0.6 is 0 Å². The first-order valence-corrected chi connectivity index (χ1v) is 8.64. The van der Waals surface area contributed by atoms with Crippen LogP contribution in [0.2, 0.25) is 0 Å². The summed E-state index contributed by atoms with van der Waals surface area (Å²) in [6, 6.07) is 8.03. The van der Waals surface area contributed by atoms with E-state index in [1.807, 2.05) is 12.1 Å². The van der Waals surface area contributed by atoms with Gasteiger partial charge in [0.05, 0.1) is 6.04 Å². The van der Waals surface area contributed by atoms with Crippen molar-refractivity contribution in [3.05, 3.63) is 35.6 Å². The average molecular weight is 305 g/mol. The summed E-state index contributed by atoms with van der Waals surface area (Å²) in [5.41, 5.74) is 0.852. The molecule has 3 rings (SSSR count). The van der Waals surface area contributed by atoms with Gasteiger partial charge in [-0.05, 0) is 65.0 Å². The maximum atomic E-state index is 14.2. The van der Waals surface area contributed by atoms with E-state index in [1.54, 1.807) is 12.1 Å². The number of nitrogens with zero attached hydrogens (tertiary/aromatic N) is 2. The largest absolute Gasteiger partial charge is 0.312 e. The molecule has 122 valence electrons. The lowest BCUT2D eigenvalue weighted by molar-refractivity contribution is 0.199. The first-order chi connectivity index (χ1) is 10.7. The Morgan fingerprint density at radius 3 is 2.50 bits per heavy atom. The van der Waals surface area contributed by atoms with Gasteiger partial charge in [0.2, 0.25) is 0 Å². The number of likely N-dealkylation sites (tertiary alicyclic amines) is 2. The Morgan fingerprint density at radius 2 is 1.82 bits per heavy atom. The van der Waals surface area contributed by atoms with Crippen LogP contribution in [-0.2, 0) is 0 Å². The number of piperidine rings is 1. The monoisotopic (exact) mass is 305 g/mol. The smallest absolute Gasteiger partial charge is 0.128 e. The van der Waals surface area contributed by atoms with E-state index in [0.717, 1.165) is 38.3 Å². The van der Waals surface area contributed by atoms with E-state index >= 15 is 0 Å². The van der Waals surface area contributed by atoms with E-state index in [2.05, 4.69) is 22.2 Å². The molecular weight excluding hydrogens is 277 g/mol. The molecule has 22 heavy (non-hydrogen) atoms. The van der Waals surface area contributed by atoms with Gasteiger partial charge in [0.15, 0.2) is 0 Å². The minimum absolute atomic E-state index is 0.0652. The molecular formula is C18H28FN3. The molecule has 1 aromatic rings. The fraction of sp³-hybridized carbons (Fsp3) is 0.667. The van der Waals surface area contributed by atoms with E-state index < -0.39 is 0 Å². The minimum atomic E-state index is -0.0652. The molecule has 2 aliphatic heterocycles. The molecule has 0 amide bonds. The van der Waals surface area contributed by atoms with Crippen molar-refractivity contribution in [1.29, 1.82) is 0 Å². The van der Waals surface area contributed by atoms with Crippen LogP contribution in [0.1, 0.15) is 37.3 Å². The highest BCUT2D eigenvalue weighted by Gasteiger charge is 2.26. The van der Waals surface area contributed by atoms with Crippen LogP contribution in [0.3, 0.4) is 0 Å². The van der Waals surface area contributed by atoms with Gasteiger partial charge in [0.25, 0.3) is 0 Å². The molecule has 1 atom stereocenters. The minimum Gasteiger partial charge on any atom is -0.312 e. The van der Waals surface area contributed by atoms with Gasteiger partial charge in [-0.2, -0.15) is 0 Å². The van der Waals surface area contributed by atoms with Crippen LogP contribution in [0.4, 0.5) is 4.39 Å². The maximum Gasteiger partial charge on any atom is 0.128 e. The molecule has 0 aromatic heterocycles. The first kappa shape index (κ1) is 15.9. The van der Waals surface area contributed by atoms with Crippen LogP contribution in [0, 0.1) is 5.82 Å². The highest BCUT2D eigenvalue weighted by atomic mass is 19.1. The SMILES string of the molecule is CN1CCC(NCC(c2ccccc2F)N2CCCC2)CC1. The van der Waals surface area contributed by atoms with Crippen molar-refractivity contribution in [1.82, 2.24) is 15.1 Å². The molecule has 2 heterocycles. The Morgan fingerprint density at radius 1 is 1.14 bits per heavy atom. The number of rotatable bonds is 5. The quantitative estimate of drug-likeness (QED) is 0.902. The van der Waals surface area contributed by atoms with Gasteiger partial charge in [-0.1, -0.05) is 18.2 Å². The lowest BCUT2D eigenvalue weighted by Gasteiger charge is -2.33. The van der Waals surface area contributed by atoms with Gasteiger partial charge in [-0.15, -0.1) is 0 Å². The Bertz CT molecular complexity index is 465. The number of benzene rings is 1. The van der Waals surface area contributed by atoms with Crippen LogP contribution in [0.15, 0.2) is 24.3 Å². The highest BCUT2D eigenvalue weighted by molar-refractivity contribution is 5.22. The third-order valence-electron chi connectivity index (χ3n) is 5.16. The van der Waals surface area contributed by atoms with Crippen molar-refractivity contribution in [2.75, 3.05) is 39.8 Å². The summed E-state index contributed by atoms with van der Waals surface area (Å²) in [5, 5.41) is 3.71. The molecule has 1 unspecified atom stereocenters. The fourth-order valence-electron chi connectivity index (χ4n) is 3.73. The second-order valence-electron chi connectivity index (χ2n) is 6.77. The Kier molecular flexibility index (Phi) is 5.45. The summed E-state index contributed by atoms with van der Waals surface area (Å²) in [5.74, 6) is -0.0652. The predicted molar refractivity (Wildman–Crippen MR) is 88.5 cm³/mol. The Hall–Kier alpha value is -0.970. The van der Waals surface area contributed by atoms with Crippen LogP contribution in [0.5, 0.6) is 0 Å². The van der Waals surface area contributed by atoms with Gasteiger partial charge >= 0.3 is 0 Å². The molecule has 0 bridgehead atoms. The van der Waals surface area contributed by atoms with Crippen molar-refractivity contribution in [2.45, 2.75) is 37.8 Å². The summed E-state index contributed by atoms with van der Waals surface area (Å²) in [6.45, 7) is 5.36. The van der Waals surface area contributed by atoms with E-state index in [9.17, 15) is 4.39 Å². The zero-order valence-corrected chi connectivity index (χ0v) is 13.6. The molecule has 2 aliphatic rings. The van der Waals surface area contributed by atoms with Crippen LogP contribution in [0.25, 0.3) is 0 Å². The predicted octanol–water partition coefficient (Wildman–Crippen LogP) is 2.65. The van der Waals surface area contributed by atoms with Crippen molar-refractivity contribution in [2.24, 2.45) is 0 Å². The fourth-order valence-corrected chi connectivity index (χ4v) is 3.73. The van der Waals surface area contributed by atoms with Gasteiger partial charge < -0.3 is 10.2 Å². The van der Waals surface area contributed by atoms with Gasteiger partial charge in [-0.25, -0.2) is 4.39 Å². The lowest BCUT2D eigenvalue weighted by atomic mass is 10.0. The standard InChI is InChI=1S/C18H28FN3/c1-21-12-8-15(9-13-21)20-14-18(22-10-4-5-11-22)16-6-2-3-7-17(16)19/h2-3,6-7,15,18,20H,4-5,8-14H2,1H3. The normalized spacial score (nSPS) is 23.0. The van der Waals surface area contributed by atoms with Crippen molar-refractivity contribution >= 4 is 0 Å². The Balaban J connectivity index is 1.65. The van der Waals surface area contributed by atoms with Gasteiger partial charge in [0, 0.05) is 18.2 Å². The molecule has 0 radical (unpaired) electrons. The molecule has 1 aromatic carbocycles. The number of hydrogen-bond acceptors (Lipinski definition) is 3. The third kappa shape index (κ3) is 3.86.